The highest BCUT2D eigenvalue weighted by atomic mass is 35.5. The zero-order chi connectivity index (χ0) is 22.0. The highest BCUT2D eigenvalue weighted by Crippen LogP contribution is 2.28. The lowest BCUT2D eigenvalue weighted by molar-refractivity contribution is 0.310. The summed E-state index contributed by atoms with van der Waals surface area (Å²) in [6.07, 6.45) is 7.08. The molecule has 3 N–H and O–H groups in total. The fourth-order valence-corrected chi connectivity index (χ4v) is 4.51. The van der Waals surface area contributed by atoms with Gasteiger partial charge in [-0.3, -0.25) is 9.36 Å². The lowest BCUT2D eigenvalue weighted by Crippen LogP contribution is -2.32. The number of halogens is 1. The second kappa shape index (κ2) is 8.90. The molecule has 1 saturated carbocycles. The SMILES string of the molecule is C[C@H](Nc1ncnc(N)c1C#N)c1nc2cccc(Cl)c2c(=O)n1CC1CCCCC1. The number of hydrogen-bond donors (Lipinski definition) is 2. The summed E-state index contributed by atoms with van der Waals surface area (Å²) in [7, 11) is 0. The Balaban J connectivity index is 1.80. The van der Waals surface area contributed by atoms with E-state index >= 15 is 0 Å². The topological polar surface area (TPSA) is 123 Å². The predicted octanol–water partition coefficient (Wildman–Crippen LogP) is 4.05. The van der Waals surface area contributed by atoms with Crippen LogP contribution in [0.5, 0.6) is 0 Å². The number of hydrogen-bond acceptors (Lipinski definition) is 7. The Morgan fingerprint density at radius 2 is 2.10 bits per heavy atom. The average Bonchev–Trinajstić information content (AvgIpc) is 2.76. The van der Waals surface area contributed by atoms with Gasteiger partial charge in [-0.25, -0.2) is 15.0 Å². The number of nitriles is 1. The molecule has 3 aromatic rings. The van der Waals surface area contributed by atoms with Crippen LogP contribution in [0.25, 0.3) is 10.9 Å². The molecule has 4 rings (SSSR count). The van der Waals surface area contributed by atoms with Gasteiger partial charge in [0, 0.05) is 6.54 Å². The molecule has 0 amide bonds. The Morgan fingerprint density at radius 3 is 2.84 bits per heavy atom. The number of fused-ring (bicyclic) bond motifs is 1. The van der Waals surface area contributed by atoms with Gasteiger partial charge >= 0.3 is 0 Å². The molecule has 0 saturated heterocycles. The molecule has 0 unspecified atom stereocenters. The molecule has 0 radical (unpaired) electrons. The van der Waals surface area contributed by atoms with E-state index in [1.807, 2.05) is 13.0 Å². The van der Waals surface area contributed by atoms with Crippen LogP contribution in [0.1, 0.15) is 56.5 Å². The Kier molecular flexibility index (Phi) is 6.05. The van der Waals surface area contributed by atoms with E-state index in [0.29, 0.717) is 40.0 Å². The molecule has 2 heterocycles. The first-order valence-electron chi connectivity index (χ1n) is 10.5. The van der Waals surface area contributed by atoms with E-state index in [9.17, 15) is 10.1 Å². The van der Waals surface area contributed by atoms with Gasteiger partial charge in [-0.15, -0.1) is 0 Å². The van der Waals surface area contributed by atoms with E-state index in [2.05, 4.69) is 15.3 Å². The van der Waals surface area contributed by atoms with Crippen molar-refractivity contribution in [1.82, 2.24) is 19.5 Å². The summed E-state index contributed by atoms with van der Waals surface area (Å²) >= 11 is 6.36. The van der Waals surface area contributed by atoms with Crippen molar-refractivity contribution in [1.29, 1.82) is 5.26 Å². The van der Waals surface area contributed by atoms with Gasteiger partial charge in [-0.05, 0) is 37.8 Å². The molecule has 9 heteroatoms. The normalized spacial score (nSPS) is 15.5. The number of nitrogen functional groups attached to an aromatic ring is 1. The summed E-state index contributed by atoms with van der Waals surface area (Å²) in [5.41, 5.74) is 6.38. The molecule has 160 valence electrons. The Morgan fingerprint density at radius 1 is 1.32 bits per heavy atom. The monoisotopic (exact) mass is 437 g/mol. The van der Waals surface area contributed by atoms with Crippen molar-refractivity contribution >= 4 is 34.1 Å². The minimum absolute atomic E-state index is 0.102. The fraction of sp³-hybridized carbons (Fsp3) is 0.409. The van der Waals surface area contributed by atoms with Gasteiger partial charge in [0.05, 0.1) is 22.0 Å². The molecule has 0 aliphatic heterocycles. The summed E-state index contributed by atoms with van der Waals surface area (Å²) in [6, 6.07) is 6.91. The van der Waals surface area contributed by atoms with Gasteiger partial charge in [-0.1, -0.05) is 36.9 Å². The number of nitrogens with one attached hydrogen (secondary N) is 1. The molecule has 1 aliphatic rings. The van der Waals surface area contributed by atoms with E-state index in [1.54, 1.807) is 22.8 Å². The zero-order valence-electron chi connectivity index (χ0n) is 17.3. The highest BCUT2D eigenvalue weighted by molar-refractivity contribution is 6.35. The maximum Gasteiger partial charge on any atom is 0.262 e. The molecule has 1 aliphatic carbocycles. The second-order valence-electron chi connectivity index (χ2n) is 7.98. The van der Waals surface area contributed by atoms with E-state index in [-0.39, 0.29) is 16.9 Å². The molecule has 8 nitrogen and oxygen atoms in total. The van der Waals surface area contributed by atoms with E-state index in [1.165, 1.54) is 25.6 Å². The summed E-state index contributed by atoms with van der Waals surface area (Å²) < 4.78 is 1.73. The first-order chi connectivity index (χ1) is 15.0. The Hall–Kier alpha value is -3.18. The van der Waals surface area contributed by atoms with Gasteiger partial charge < -0.3 is 11.1 Å². The largest absolute Gasteiger partial charge is 0.382 e. The minimum Gasteiger partial charge on any atom is -0.382 e. The Bertz CT molecular complexity index is 1210. The highest BCUT2D eigenvalue weighted by Gasteiger charge is 2.23. The summed E-state index contributed by atoms with van der Waals surface area (Å²) in [6.45, 7) is 2.47. The standard InChI is InChI=1S/C22H24ClN7O/c1-13(28-20-15(10-24)19(25)26-12-27-20)21-29-17-9-5-8-16(23)18(17)22(31)30(21)11-14-6-3-2-4-7-14/h5,8-9,12-14H,2-4,6-7,11H2,1H3,(H3,25,26,27,28)/t13-/m0/s1. The summed E-state index contributed by atoms with van der Waals surface area (Å²) in [4.78, 5) is 26.3. The average molecular weight is 438 g/mol. The molecule has 0 bridgehead atoms. The first-order valence-corrected chi connectivity index (χ1v) is 10.8. The van der Waals surface area contributed by atoms with Gasteiger partial charge in [-0.2, -0.15) is 5.26 Å². The third-order valence-corrected chi connectivity index (χ3v) is 6.17. The smallest absolute Gasteiger partial charge is 0.262 e. The van der Waals surface area contributed by atoms with Crippen LogP contribution in [-0.4, -0.2) is 19.5 Å². The lowest BCUT2D eigenvalue weighted by atomic mass is 9.89. The van der Waals surface area contributed by atoms with Crippen LogP contribution >= 0.6 is 11.6 Å². The number of rotatable bonds is 5. The van der Waals surface area contributed by atoms with Crippen molar-refractivity contribution in [3.63, 3.8) is 0 Å². The third kappa shape index (κ3) is 4.19. The molecular formula is C22H24ClN7O. The Labute approximate surface area is 185 Å². The van der Waals surface area contributed by atoms with Crippen LogP contribution in [0.3, 0.4) is 0 Å². The van der Waals surface area contributed by atoms with Crippen LogP contribution in [0.2, 0.25) is 5.02 Å². The van der Waals surface area contributed by atoms with Crippen molar-refractivity contribution in [2.24, 2.45) is 5.92 Å². The number of benzene rings is 1. The van der Waals surface area contributed by atoms with E-state index in [4.69, 9.17) is 22.3 Å². The van der Waals surface area contributed by atoms with Gasteiger partial charge in [0.2, 0.25) is 0 Å². The van der Waals surface area contributed by atoms with Crippen LogP contribution in [0.4, 0.5) is 11.6 Å². The lowest BCUT2D eigenvalue weighted by Gasteiger charge is -2.26. The minimum atomic E-state index is -0.402. The van der Waals surface area contributed by atoms with Gasteiger partial charge in [0.25, 0.3) is 5.56 Å². The van der Waals surface area contributed by atoms with Gasteiger partial charge in [0.1, 0.15) is 35.4 Å². The number of anilines is 2. The van der Waals surface area contributed by atoms with E-state index < -0.39 is 6.04 Å². The summed E-state index contributed by atoms with van der Waals surface area (Å²) in [5, 5.41) is 13.5. The van der Waals surface area contributed by atoms with Crippen molar-refractivity contribution < 1.29 is 0 Å². The first kappa shape index (κ1) is 21.1. The molecule has 31 heavy (non-hydrogen) atoms. The summed E-state index contributed by atoms with van der Waals surface area (Å²) in [5.74, 6) is 1.41. The molecule has 2 aromatic heterocycles. The van der Waals surface area contributed by atoms with Crippen LogP contribution < -0.4 is 16.6 Å². The van der Waals surface area contributed by atoms with Crippen molar-refractivity contribution in [3.05, 3.63) is 51.3 Å². The van der Waals surface area contributed by atoms with Crippen LogP contribution in [-0.2, 0) is 6.54 Å². The number of nitrogens with two attached hydrogens (primary N) is 1. The zero-order valence-corrected chi connectivity index (χ0v) is 18.1. The number of nitrogens with zero attached hydrogens (tertiary/aromatic N) is 5. The molecular weight excluding hydrogens is 414 g/mol. The van der Waals surface area contributed by atoms with E-state index in [0.717, 1.165) is 12.8 Å². The third-order valence-electron chi connectivity index (χ3n) is 5.86. The number of aromatic nitrogens is 4. The van der Waals surface area contributed by atoms with Crippen molar-refractivity contribution in [2.75, 3.05) is 11.1 Å². The van der Waals surface area contributed by atoms with Crippen LogP contribution in [0.15, 0.2) is 29.3 Å². The maximum atomic E-state index is 13.5. The van der Waals surface area contributed by atoms with Crippen molar-refractivity contribution in [3.8, 4) is 6.07 Å². The quantitative estimate of drug-likeness (QED) is 0.617. The molecule has 0 spiro atoms. The predicted molar refractivity (Wildman–Crippen MR) is 121 cm³/mol. The molecule has 1 aromatic carbocycles. The molecule has 1 fully saturated rings. The maximum absolute atomic E-state index is 13.5. The second-order valence-corrected chi connectivity index (χ2v) is 8.39. The molecule has 1 atom stereocenters. The van der Waals surface area contributed by atoms with Crippen LogP contribution in [0, 0.1) is 17.2 Å². The van der Waals surface area contributed by atoms with Gasteiger partial charge in [0.15, 0.2) is 0 Å². The fourth-order valence-electron chi connectivity index (χ4n) is 4.26. The van der Waals surface area contributed by atoms with Crippen molar-refractivity contribution in [2.45, 2.75) is 51.6 Å².